The fraction of sp³-hybridized carbons (Fsp3) is 0.625. The molecule has 2 N–H and O–H groups in total. The molecule has 19 heavy (non-hydrogen) atoms. The summed E-state index contributed by atoms with van der Waals surface area (Å²) in [7, 11) is 0. The van der Waals surface area contributed by atoms with E-state index in [1.165, 1.54) is 48.1 Å². The number of hydrogen-bond donors (Lipinski definition) is 1. The van der Waals surface area contributed by atoms with Crippen molar-refractivity contribution in [1.82, 2.24) is 0 Å². The molecule has 0 aliphatic carbocycles. The number of anilines is 1. The van der Waals surface area contributed by atoms with E-state index in [0.717, 1.165) is 11.8 Å². The van der Waals surface area contributed by atoms with Gasteiger partial charge in [0.15, 0.2) is 0 Å². The third-order valence-corrected chi connectivity index (χ3v) is 4.94. The summed E-state index contributed by atoms with van der Waals surface area (Å²) in [6.45, 7) is 7.65. The molecular formula is C16H25BrN2. The van der Waals surface area contributed by atoms with Gasteiger partial charge in [0.25, 0.3) is 0 Å². The molecule has 0 saturated carbocycles. The van der Waals surface area contributed by atoms with E-state index in [-0.39, 0.29) is 0 Å². The largest absolute Gasteiger partial charge is 0.371 e. The molecule has 1 fully saturated rings. The van der Waals surface area contributed by atoms with E-state index in [2.05, 4.69) is 52.9 Å². The van der Waals surface area contributed by atoms with Gasteiger partial charge >= 0.3 is 0 Å². The van der Waals surface area contributed by atoms with Crippen LogP contribution in [0.5, 0.6) is 0 Å². The molecule has 1 unspecified atom stereocenters. The van der Waals surface area contributed by atoms with E-state index in [9.17, 15) is 0 Å². The van der Waals surface area contributed by atoms with Crippen LogP contribution in [-0.4, -0.2) is 13.1 Å². The summed E-state index contributed by atoms with van der Waals surface area (Å²) in [5, 5.41) is 0. The van der Waals surface area contributed by atoms with Gasteiger partial charge < -0.3 is 10.6 Å². The minimum Gasteiger partial charge on any atom is -0.371 e. The molecule has 2 nitrogen and oxygen atoms in total. The van der Waals surface area contributed by atoms with E-state index in [4.69, 9.17) is 5.73 Å². The Balaban J connectivity index is 2.10. The van der Waals surface area contributed by atoms with E-state index >= 15 is 0 Å². The van der Waals surface area contributed by atoms with E-state index in [0.29, 0.717) is 6.54 Å². The Kier molecular flexibility index (Phi) is 5.28. The predicted molar refractivity (Wildman–Crippen MR) is 86.4 cm³/mol. The van der Waals surface area contributed by atoms with Gasteiger partial charge in [0.2, 0.25) is 0 Å². The molecular weight excluding hydrogens is 300 g/mol. The average molecular weight is 325 g/mol. The van der Waals surface area contributed by atoms with Crippen LogP contribution in [0.1, 0.15) is 38.7 Å². The van der Waals surface area contributed by atoms with Gasteiger partial charge in [-0.15, -0.1) is 0 Å². The lowest BCUT2D eigenvalue weighted by molar-refractivity contribution is 0.351. The molecule has 1 aliphatic heterocycles. The number of nitrogens with two attached hydrogens (primary N) is 1. The number of nitrogens with zero attached hydrogens (tertiary/aromatic N) is 1. The molecule has 1 aromatic rings. The minimum atomic E-state index is 0.605. The fourth-order valence-corrected chi connectivity index (χ4v) is 3.64. The van der Waals surface area contributed by atoms with Crippen molar-refractivity contribution in [2.45, 2.75) is 39.7 Å². The molecule has 1 aromatic carbocycles. The lowest BCUT2D eigenvalue weighted by Gasteiger charge is -2.25. The SMILES string of the molecule is CC(C)C1CCCN(c2ccc(CN)cc2Br)CC1. The molecule has 3 heteroatoms. The zero-order valence-electron chi connectivity index (χ0n) is 12.0. The van der Waals surface area contributed by atoms with Crippen LogP contribution in [0.25, 0.3) is 0 Å². The number of halogens is 1. The molecule has 0 spiro atoms. The molecule has 0 radical (unpaired) electrons. The number of benzene rings is 1. The maximum atomic E-state index is 5.69. The Morgan fingerprint density at radius 3 is 2.74 bits per heavy atom. The van der Waals surface area contributed by atoms with Gasteiger partial charge in [-0.1, -0.05) is 19.9 Å². The van der Waals surface area contributed by atoms with E-state index in [1.54, 1.807) is 0 Å². The summed E-state index contributed by atoms with van der Waals surface area (Å²) in [5.74, 6) is 1.69. The normalized spacial score (nSPS) is 20.7. The second-order valence-electron chi connectivity index (χ2n) is 5.91. The van der Waals surface area contributed by atoms with Crippen molar-refractivity contribution >= 4 is 21.6 Å². The zero-order valence-corrected chi connectivity index (χ0v) is 13.6. The molecule has 1 aliphatic rings. The molecule has 1 saturated heterocycles. The second-order valence-corrected chi connectivity index (χ2v) is 6.77. The summed E-state index contributed by atoms with van der Waals surface area (Å²) >= 11 is 3.70. The quantitative estimate of drug-likeness (QED) is 0.904. The van der Waals surface area contributed by atoms with Crippen LogP contribution >= 0.6 is 15.9 Å². The summed E-state index contributed by atoms with van der Waals surface area (Å²) < 4.78 is 1.18. The average Bonchev–Trinajstić information content (AvgIpc) is 2.64. The number of hydrogen-bond acceptors (Lipinski definition) is 2. The molecule has 2 rings (SSSR count). The van der Waals surface area contributed by atoms with Crippen LogP contribution in [-0.2, 0) is 6.54 Å². The summed E-state index contributed by atoms with van der Waals surface area (Å²) in [6, 6.07) is 6.51. The predicted octanol–water partition coefficient (Wildman–Crippen LogP) is 4.17. The van der Waals surface area contributed by atoms with E-state index in [1.807, 2.05) is 0 Å². The van der Waals surface area contributed by atoms with Gasteiger partial charge in [-0.05, 0) is 64.7 Å². The lowest BCUT2D eigenvalue weighted by atomic mass is 9.89. The third kappa shape index (κ3) is 3.73. The van der Waals surface area contributed by atoms with Crippen LogP contribution in [0.15, 0.2) is 22.7 Å². The van der Waals surface area contributed by atoms with Crippen LogP contribution in [0.4, 0.5) is 5.69 Å². The molecule has 0 bridgehead atoms. The third-order valence-electron chi connectivity index (χ3n) is 4.30. The fourth-order valence-electron chi connectivity index (χ4n) is 2.96. The Morgan fingerprint density at radius 1 is 1.32 bits per heavy atom. The van der Waals surface area contributed by atoms with Gasteiger partial charge in [-0.3, -0.25) is 0 Å². The summed E-state index contributed by atoms with van der Waals surface area (Å²) in [5.41, 5.74) is 8.20. The molecule has 1 heterocycles. The van der Waals surface area contributed by atoms with Crippen LogP contribution in [0.3, 0.4) is 0 Å². The van der Waals surface area contributed by atoms with Crippen LogP contribution in [0.2, 0.25) is 0 Å². The monoisotopic (exact) mass is 324 g/mol. The Bertz CT molecular complexity index is 417. The smallest absolute Gasteiger partial charge is 0.0510 e. The first-order valence-electron chi connectivity index (χ1n) is 7.35. The first kappa shape index (κ1) is 14.9. The van der Waals surface area contributed by atoms with Gasteiger partial charge in [0.05, 0.1) is 5.69 Å². The van der Waals surface area contributed by atoms with Crippen molar-refractivity contribution in [3.05, 3.63) is 28.2 Å². The Hall–Kier alpha value is -0.540. The highest BCUT2D eigenvalue weighted by Crippen LogP contribution is 2.31. The standard InChI is InChI=1S/C16H25BrN2/c1-12(2)14-4-3-8-19(9-7-14)16-6-5-13(11-18)10-15(16)17/h5-6,10,12,14H,3-4,7-9,11,18H2,1-2H3. The molecule has 106 valence electrons. The first-order valence-corrected chi connectivity index (χ1v) is 8.14. The van der Waals surface area contributed by atoms with Crippen molar-refractivity contribution in [2.75, 3.05) is 18.0 Å². The molecule has 0 aromatic heterocycles. The van der Waals surface area contributed by atoms with Gasteiger partial charge in [-0.25, -0.2) is 0 Å². The summed E-state index contributed by atoms with van der Waals surface area (Å²) in [6.07, 6.45) is 3.98. The van der Waals surface area contributed by atoms with Gasteiger partial charge in [-0.2, -0.15) is 0 Å². The Morgan fingerprint density at radius 2 is 2.11 bits per heavy atom. The van der Waals surface area contributed by atoms with E-state index < -0.39 is 0 Å². The van der Waals surface area contributed by atoms with Crippen molar-refractivity contribution in [3.63, 3.8) is 0 Å². The summed E-state index contributed by atoms with van der Waals surface area (Å²) in [4.78, 5) is 2.52. The van der Waals surface area contributed by atoms with Crippen LogP contribution in [0, 0.1) is 11.8 Å². The lowest BCUT2D eigenvalue weighted by Crippen LogP contribution is -2.25. The van der Waals surface area contributed by atoms with Crippen molar-refractivity contribution in [1.29, 1.82) is 0 Å². The maximum Gasteiger partial charge on any atom is 0.0510 e. The highest BCUT2D eigenvalue weighted by Gasteiger charge is 2.20. The molecule has 0 amide bonds. The maximum absolute atomic E-state index is 5.69. The first-order chi connectivity index (χ1) is 9.11. The zero-order chi connectivity index (χ0) is 13.8. The van der Waals surface area contributed by atoms with Gasteiger partial charge in [0.1, 0.15) is 0 Å². The van der Waals surface area contributed by atoms with Crippen molar-refractivity contribution in [3.8, 4) is 0 Å². The molecule has 1 atom stereocenters. The van der Waals surface area contributed by atoms with Crippen molar-refractivity contribution < 1.29 is 0 Å². The second kappa shape index (κ2) is 6.76. The highest BCUT2D eigenvalue weighted by molar-refractivity contribution is 9.10. The topological polar surface area (TPSA) is 29.3 Å². The van der Waals surface area contributed by atoms with Gasteiger partial charge in [0, 0.05) is 24.1 Å². The van der Waals surface area contributed by atoms with Crippen LogP contribution < -0.4 is 10.6 Å². The number of rotatable bonds is 3. The highest BCUT2D eigenvalue weighted by atomic mass is 79.9. The minimum absolute atomic E-state index is 0.605. The Labute approximate surface area is 125 Å². The van der Waals surface area contributed by atoms with Crippen molar-refractivity contribution in [2.24, 2.45) is 17.6 Å².